The third-order valence-electron chi connectivity index (χ3n) is 4.50. The Bertz CT molecular complexity index is 1190. The average molecular weight is 477 g/mol. The summed E-state index contributed by atoms with van der Waals surface area (Å²) in [7, 11) is 0. The number of nitrogens with zero attached hydrogens (tertiary/aromatic N) is 2. The number of benzene rings is 2. The van der Waals surface area contributed by atoms with Crippen LogP contribution in [0.1, 0.15) is 16.7 Å². The van der Waals surface area contributed by atoms with E-state index in [1.165, 1.54) is 10.6 Å². The molecule has 0 saturated carbocycles. The zero-order valence-electron chi connectivity index (χ0n) is 16.4. The molecule has 0 atom stereocenters. The van der Waals surface area contributed by atoms with Crippen molar-refractivity contribution in [3.63, 3.8) is 0 Å². The van der Waals surface area contributed by atoms with Crippen LogP contribution in [0.5, 0.6) is 5.75 Å². The summed E-state index contributed by atoms with van der Waals surface area (Å²) in [5.41, 5.74) is -0.992. The van der Waals surface area contributed by atoms with Gasteiger partial charge in [0.1, 0.15) is 5.82 Å². The molecule has 0 amide bonds. The first-order valence-electron chi connectivity index (χ1n) is 9.08. The second-order valence-electron chi connectivity index (χ2n) is 6.86. The van der Waals surface area contributed by atoms with E-state index in [9.17, 15) is 31.1 Å². The maximum absolute atomic E-state index is 13.3. The van der Waals surface area contributed by atoms with Crippen LogP contribution in [0.3, 0.4) is 0 Å². The molecule has 11 heteroatoms. The van der Waals surface area contributed by atoms with Gasteiger partial charge in [-0.05, 0) is 30.2 Å². The fraction of sp³-hybridized carbons (Fsp3) is 0.238. The molecule has 0 unspecified atom stereocenters. The Kier molecular flexibility index (Phi) is 6.54. The van der Waals surface area contributed by atoms with Gasteiger partial charge in [0.15, 0.2) is 6.61 Å². The Morgan fingerprint density at radius 1 is 1.03 bits per heavy atom. The summed E-state index contributed by atoms with van der Waals surface area (Å²) in [6, 6.07) is 10.1. The first-order valence-corrected chi connectivity index (χ1v) is 9.46. The van der Waals surface area contributed by atoms with E-state index in [-0.39, 0.29) is 17.9 Å². The quantitative estimate of drug-likeness (QED) is 0.432. The standard InChI is InChI=1S/C21H15ClF6N2O2/c1-12-5-2-3-6-13(12)9-30-10-16(32-11-20(23,24)25)19(31)29-18(30)14-7-4-8-15(17(14)22)21(26,27)28/h2-8,10H,9,11H2,1H3. The maximum atomic E-state index is 13.3. The van der Waals surface area contributed by atoms with Gasteiger partial charge in [0.2, 0.25) is 5.75 Å². The van der Waals surface area contributed by atoms with E-state index < -0.39 is 40.9 Å². The summed E-state index contributed by atoms with van der Waals surface area (Å²) >= 11 is 5.99. The van der Waals surface area contributed by atoms with Crippen molar-refractivity contribution in [2.24, 2.45) is 0 Å². The highest BCUT2D eigenvalue weighted by Gasteiger charge is 2.34. The van der Waals surface area contributed by atoms with Crippen molar-refractivity contribution in [3.05, 3.63) is 80.7 Å². The number of rotatable bonds is 5. The van der Waals surface area contributed by atoms with Crippen molar-refractivity contribution >= 4 is 11.6 Å². The highest BCUT2D eigenvalue weighted by molar-refractivity contribution is 6.34. The number of alkyl halides is 6. The molecule has 0 aliphatic carbocycles. The normalized spacial score (nSPS) is 12.1. The Labute approximate surface area is 183 Å². The number of halogens is 7. The Morgan fingerprint density at radius 2 is 1.72 bits per heavy atom. The number of ether oxygens (including phenoxy) is 1. The van der Waals surface area contributed by atoms with Crippen molar-refractivity contribution in [1.82, 2.24) is 9.55 Å². The lowest BCUT2D eigenvalue weighted by Crippen LogP contribution is -2.24. The molecule has 170 valence electrons. The minimum absolute atomic E-state index is 0.00968. The molecular weight excluding hydrogens is 462 g/mol. The predicted octanol–water partition coefficient (Wildman–Crippen LogP) is 5.88. The van der Waals surface area contributed by atoms with Crippen molar-refractivity contribution < 1.29 is 31.1 Å². The van der Waals surface area contributed by atoms with E-state index >= 15 is 0 Å². The number of aromatic nitrogens is 2. The maximum Gasteiger partial charge on any atom is 0.422 e. The molecule has 0 radical (unpaired) electrons. The van der Waals surface area contributed by atoms with E-state index in [0.717, 1.165) is 23.9 Å². The Morgan fingerprint density at radius 3 is 2.34 bits per heavy atom. The van der Waals surface area contributed by atoms with Gasteiger partial charge in [-0.15, -0.1) is 0 Å². The summed E-state index contributed by atoms with van der Waals surface area (Å²) in [6.45, 7) is 0.0471. The van der Waals surface area contributed by atoms with E-state index in [1.807, 2.05) is 0 Å². The molecule has 0 saturated heterocycles. The molecule has 1 aromatic heterocycles. The molecule has 4 nitrogen and oxygen atoms in total. The van der Waals surface area contributed by atoms with Gasteiger partial charge in [-0.25, -0.2) is 0 Å². The summed E-state index contributed by atoms with van der Waals surface area (Å²) < 4.78 is 83.4. The van der Waals surface area contributed by atoms with Crippen LogP contribution in [0.4, 0.5) is 26.3 Å². The SMILES string of the molecule is Cc1ccccc1Cn1cc(OCC(F)(F)F)c(=O)nc1-c1cccc(C(F)(F)F)c1Cl. The van der Waals surface area contributed by atoms with Crippen LogP contribution in [0.2, 0.25) is 5.02 Å². The van der Waals surface area contributed by atoms with Gasteiger partial charge in [0.25, 0.3) is 0 Å². The summed E-state index contributed by atoms with van der Waals surface area (Å²) in [4.78, 5) is 16.0. The highest BCUT2D eigenvalue weighted by atomic mass is 35.5. The van der Waals surface area contributed by atoms with Crippen molar-refractivity contribution in [1.29, 1.82) is 0 Å². The predicted molar refractivity (Wildman–Crippen MR) is 106 cm³/mol. The number of aryl methyl sites for hydroxylation is 1. The van der Waals surface area contributed by atoms with Crippen molar-refractivity contribution in [2.75, 3.05) is 6.61 Å². The molecule has 1 heterocycles. The minimum Gasteiger partial charge on any atom is -0.477 e. The minimum atomic E-state index is -4.76. The van der Waals surface area contributed by atoms with Gasteiger partial charge in [-0.1, -0.05) is 41.9 Å². The number of hydrogen-bond acceptors (Lipinski definition) is 3. The third-order valence-corrected chi connectivity index (χ3v) is 4.91. The van der Waals surface area contributed by atoms with Crippen LogP contribution in [-0.2, 0) is 12.7 Å². The van der Waals surface area contributed by atoms with E-state index in [1.54, 1.807) is 31.2 Å². The van der Waals surface area contributed by atoms with Crippen LogP contribution in [0.15, 0.2) is 53.5 Å². The van der Waals surface area contributed by atoms with Crippen molar-refractivity contribution in [3.8, 4) is 17.1 Å². The molecule has 0 aliphatic heterocycles. The van der Waals surface area contributed by atoms with E-state index in [0.29, 0.717) is 5.56 Å². The van der Waals surface area contributed by atoms with Crippen LogP contribution in [0.25, 0.3) is 11.4 Å². The lowest BCUT2D eigenvalue weighted by atomic mass is 10.1. The van der Waals surface area contributed by atoms with Gasteiger partial charge in [-0.3, -0.25) is 4.79 Å². The summed E-state index contributed by atoms with van der Waals surface area (Å²) in [6.07, 6.45) is -8.47. The van der Waals surface area contributed by atoms with E-state index in [4.69, 9.17) is 11.6 Å². The van der Waals surface area contributed by atoms with Crippen LogP contribution in [-0.4, -0.2) is 22.3 Å². The van der Waals surface area contributed by atoms with Gasteiger partial charge >= 0.3 is 17.9 Å². The zero-order chi connectivity index (χ0) is 23.7. The van der Waals surface area contributed by atoms with Crippen LogP contribution < -0.4 is 10.3 Å². The fourth-order valence-electron chi connectivity index (χ4n) is 2.96. The van der Waals surface area contributed by atoms with E-state index in [2.05, 4.69) is 9.72 Å². The molecule has 0 bridgehead atoms. The molecule has 3 aromatic rings. The topological polar surface area (TPSA) is 44.1 Å². The molecule has 0 N–H and O–H groups in total. The molecular formula is C21H15ClF6N2O2. The molecule has 32 heavy (non-hydrogen) atoms. The fourth-order valence-corrected chi connectivity index (χ4v) is 3.28. The largest absolute Gasteiger partial charge is 0.477 e. The van der Waals surface area contributed by atoms with Gasteiger partial charge in [0, 0.05) is 12.1 Å². The second kappa shape index (κ2) is 8.85. The van der Waals surface area contributed by atoms with Crippen LogP contribution >= 0.6 is 11.6 Å². The first kappa shape index (κ1) is 23.6. The van der Waals surface area contributed by atoms with Gasteiger partial charge < -0.3 is 9.30 Å². The molecule has 0 aliphatic rings. The zero-order valence-corrected chi connectivity index (χ0v) is 17.1. The molecule has 2 aromatic carbocycles. The van der Waals surface area contributed by atoms with Gasteiger partial charge in [0.05, 0.1) is 16.8 Å². The lowest BCUT2D eigenvalue weighted by Gasteiger charge is -2.18. The third kappa shape index (κ3) is 5.42. The highest BCUT2D eigenvalue weighted by Crippen LogP contribution is 2.39. The smallest absolute Gasteiger partial charge is 0.422 e. The second-order valence-corrected chi connectivity index (χ2v) is 7.23. The number of hydrogen-bond donors (Lipinski definition) is 0. The summed E-state index contributed by atoms with van der Waals surface area (Å²) in [5.74, 6) is -0.934. The first-order chi connectivity index (χ1) is 14.9. The van der Waals surface area contributed by atoms with Crippen molar-refractivity contribution in [2.45, 2.75) is 25.8 Å². The lowest BCUT2D eigenvalue weighted by molar-refractivity contribution is -0.153. The Hall–Kier alpha value is -3.01. The molecule has 0 fully saturated rings. The average Bonchev–Trinajstić information content (AvgIpc) is 2.68. The Balaban J connectivity index is 2.18. The summed E-state index contributed by atoms with van der Waals surface area (Å²) in [5, 5.41) is -0.686. The monoisotopic (exact) mass is 476 g/mol. The molecule has 3 rings (SSSR count). The van der Waals surface area contributed by atoms with Gasteiger partial charge in [-0.2, -0.15) is 31.3 Å². The van der Waals surface area contributed by atoms with Crippen LogP contribution in [0, 0.1) is 6.92 Å². The molecule has 0 spiro atoms.